The molecule has 0 spiro atoms. The molecule has 1 aromatic carbocycles. The predicted molar refractivity (Wildman–Crippen MR) is 83.9 cm³/mol. The number of hydrogen-bond donors (Lipinski definition) is 0. The fourth-order valence-corrected chi connectivity index (χ4v) is 2.13. The van der Waals surface area contributed by atoms with E-state index in [1.54, 1.807) is 13.0 Å². The number of carbonyl (C=O) groups excluding carboxylic acids is 1. The molecule has 0 aliphatic rings. The Morgan fingerprint density at radius 3 is 2.71 bits per heavy atom. The van der Waals surface area contributed by atoms with Crippen molar-refractivity contribution >= 4 is 11.9 Å². The van der Waals surface area contributed by atoms with Crippen molar-refractivity contribution in [2.24, 2.45) is 0 Å². The molecular weight excluding hydrogens is 262 g/mol. The molecule has 0 saturated heterocycles. The second kappa shape index (κ2) is 7.53. The lowest BCUT2D eigenvalue weighted by atomic mass is 10.1. The van der Waals surface area contributed by atoms with Crippen molar-refractivity contribution in [2.75, 3.05) is 0 Å². The van der Waals surface area contributed by atoms with Crippen LogP contribution in [0.15, 0.2) is 36.4 Å². The van der Waals surface area contributed by atoms with Crippen LogP contribution in [0.5, 0.6) is 0 Å². The van der Waals surface area contributed by atoms with Gasteiger partial charge in [-0.1, -0.05) is 48.9 Å². The van der Waals surface area contributed by atoms with Crippen LogP contribution in [-0.2, 0) is 17.8 Å². The molecule has 2 rings (SSSR count). The maximum atomic E-state index is 11.2. The largest absolute Gasteiger partial charge is 0.295 e. The fraction of sp³-hybridized carbons (Fsp3) is 0.353. The summed E-state index contributed by atoms with van der Waals surface area (Å²) in [5.74, 6) is 0.0314. The Kier molecular flexibility index (Phi) is 5.43. The van der Waals surface area contributed by atoms with Crippen LogP contribution in [-0.4, -0.2) is 20.8 Å². The SMILES string of the molecule is CCCCc1nnn(Cc2ccccc2)c1/C=C/C(C)=O. The first kappa shape index (κ1) is 15.2. The van der Waals surface area contributed by atoms with E-state index in [4.69, 9.17) is 0 Å². The number of aryl methyl sites for hydroxylation is 1. The van der Waals surface area contributed by atoms with E-state index in [9.17, 15) is 4.79 Å². The van der Waals surface area contributed by atoms with Gasteiger partial charge in [-0.05, 0) is 37.5 Å². The predicted octanol–water partition coefficient (Wildman–Crippen LogP) is 3.27. The molecule has 110 valence electrons. The van der Waals surface area contributed by atoms with Crippen molar-refractivity contribution in [3.8, 4) is 0 Å². The minimum absolute atomic E-state index is 0.0314. The molecule has 0 radical (unpaired) electrons. The van der Waals surface area contributed by atoms with E-state index in [0.717, 1.165) is 30.7 Å². The summed E-state index contributed by atoms with van der Waals surface area (Å²) in [5, 5.41) is 8.52. The molecule has 2 aromatic rings. The third kappa shape index (κ3) is 4.38. The maximum Gasteiger partial charge on any atom is 0.152 e. The summed E-state index contributed by atoms with van der Waals surface area (Å²) in [7, 11) is 0. The second-order valence-electron chi connectivity index (χ2n) is 5.11. The lowest BCUT2D eigenvalue weighted by Gasteiger charge is -2.05. The molecule has 0 aliphatic heterocycles. The maximum absolute atomic E-state index is 11.2. The molecule has 1 heterocycles. The van der Waals surface area contributed by atoms with Gasteiger partial charge >= 0.3 is 0 Å². The van der Waals surface area contributed by atoms with Crippen LogP contribution < -0.4 is 0 Å². The van der Waals surface area contributed by atoms with Crippen molar-refractivity contribution in [3.63, 3.8) is 0 Å². The highest BCUT2D eigenvalue weighted by atomic mass is 16.1. The van der Waals surface area contributed by atoms with Crippen LogP contribution >= 0.6 is 0 Å². The summed E-state index contributed by atoms with van der Waals surface area (Å²) in [6, 6.07) is 10.1. The Bertz CT molecular complexity index is 614. The van der Waals surface area contributed by atoms with E-state index in [0.29, 0.717) is 6.54 Å². The van der Waals surface area contributed by atoms with Gasteiger partial charge in [-0.2, -0.15) is 0 Å². The van der Waals surface area contributed by atoms with Crippen LogP contribution in [0.25, 0.3) is 6.08 Å². The summed E-state index contributed by atoms with van der Waals surface area (Å²) in [6.07, 6.45) is 6.49. The van der Waals surface area contributed by atoms with Gasteiger partial charge in [0.25, 0.3) is 0 Å². The molecule has 0 amide bonds. The average molecular weight is 283 g/mol. The number of carbonyl (C=O) groups is 1. The van der Waals surface area contributed by atoms with Crippen molar-refractivity contribution in [2.45, 2.75) is 39.7 Å². The van der Waals surface area contributed by atoms with Crippen molar-refractivity contribution in [3.05, 3.63) is 53.4 Å². The highest BCUT2D eigenvalue weighted by Crippen LogP contribution is 2.13. The topological polar surface area (TPSA) is 47.8 Å². The molecular formula is C17H21N3O. The number of allylic oxidation sites excluding steroid dienone is 1. The van der Waals surface area contributed by atoms with Crippen LogP contribution in [0.2, 0.25) is 0 Å². The lowest BCUT2D eigenvalue weighted by Crippen LogP contribution is -2.04. The van der Waals surface area contributed by atoms with Gasteiger partial charge in [0.15, 0.2) is 5.78 Å². The number of benzene rings is 1. The monoisotopic (exact) mass is 283 g/mol. The molecule has 21 heavy (non-hydrogen) atoms. The molecule has 0 bridgehead atoms. The summed E-state index contributed by atoms with van der Waals surface area (Å²) in [4.78, 5) is 11.2. The Morgan fingerprint density at radius 1 is 1.29 bits per heavy atom. The van der Waals surface area contributed by atoms with Gasteiger partial charge in [0.1, 0.15) is 0 Å². The van der Waals surface area contributed by atoms with Gasteiger partial charge in [0, 0.05) is 0 Å². The highest BCUT2D eigenvalue weighted by Gasteiger charge is 2.10. The summed E-state index contributed by atoms with van der Waals surface area (Å²) >= 11 is 0. The summed E-state index contributed by atoms with van der Waals surface area (Å²) in [6.45, 7) is 4.37. The first-order chi connectivity index (χ1) is 10.2. The van der Waals surface area contributed by atoms with E-state index in [-0.39, 0.29) is 5.78 Å². The molecule has 4 heteroatoms. The standard InChI is InChI=1S/C17H21N3O/c1-3-4-10-16-17(12-11-14(2)21)20(19-18-16)13-15-8-6-5-7-9-15/h5-9,11-12H,3-4,10,13H2,1-2H3/b12-11+. The first-order valence-electron chi connectivity index (χ1n) is 7.35. The van der Waals surface area contributed by atoms with Gasteiger partial charge in [0.05, 0.1) is 17.9 Å². The number of aromatic nitrogens is 3. The Hall–Kier alpha value is -2.23. The Balaban J connectivity index is 2.27. The minimum Gasteiger partial charge on any atom is -0.295 e. The van der Waals surface area contributed by atoms with Crippen molar-refractivity contribution in [1.82, 2.24) is 15.0 Å². The third-order valence-electron chi connectivity index (χ3n) is 3.27. The zero-order chi connectivity index (χ0) is 15.1. The third-order valence-corrected chi connectivity index (χ3v) is 3.27. The quantitative estimate of drug-likeness (QED) is 0.733. The van der Waals surface area contributed by atoms with Gasteiger partial charge < -0.3 is 0 Å². The van der Waals surface area contributed by atoms with Gasteiger partial charge in [-0.25, -0.2) is 4.68 Å². The normalized spacial score (nSPS) is 11.1. The number of nitrogens with zero attached hydrogens (tertiary/aromatic N) is 3. The van der Waals surface area contributed by atoms with Crippen LogP contribution in [0.4, 0.5) is 0 Å². The van der Waals surface area contributed by atoms with E-state index in [2.05, 4.69) is 29.4 Å². The van der Waals surface area contributed by atoms with E-state index < -0.39 is 0 Å². The zero-order valence-corrected chi connectivity index (χ0v) is 12.6. The molecule has 0 fully saturated rings. The molecule has 0 unspecified atom stereocenters. The molecule has 0 N–H and O–H groups in total. The molecule has 0 aliphatic carbocycles. The Morgan fingerprint density at radius 2 is 2.05 bits per heavy atom. The number of unbranched alkanes of at least 4 members (excludes halogenated alkanes) is 1. The highest BCUT2D eigenvalue weighted by molar-refractivity contribution is 5.91. The number of rotatable bonds is 7. The first-order valence-corrected chi connectivity index (χ1v) is 7.35. The van der Waals surface area contributed by atoms with E-state index >= 15 is 0 Å². The van der Waals surface area contributed by atoms with Gasteiger partial charge in [-0.15, -0.1) is 5.10 Å². The van der Waals surface area contributed by atoms with Gasteiger partial charge in [0.2, 0.25) is 0 Å². The summed E-state index contributed by atoms with van der Waals surface area (Å²) < 4.78 is 1.86. The fourth-order valence-electron chi connectivity index (χ4n) is 2.13. The van der Waals surface area contributed by atoms with E-state index in [1.807, 2.05) is 29.0 Å². The van der Waals surface area contributed by atoms with Crippen molar-refractivity contribution < 1.29 is 4.79 Å². The van der Waals surface area contributed by atoms with Crippen LogP contribution in [0, 0.1) is 0 Å². The Labute approximate surface area is 125 Å². The van der Waals surface area contributed by atoms with Gasteiger partial charge in [-0.3, -0.25) is 4.79 Å². The summed E-state index contributed by atoms with van der Waals surface area (Å²) in [5.41, 5.74) is 3.06. The number of hydrogen-bond acceptors (Lipinski definition) is 3. The zero-order valence-electron chi connectivity index (χ0n) is 12.6. The average Bonchev–Trinajstić information content (AvgIpc) is 2.86. The number of ketones is 1. The van der Waals surface area contributed by atoms with Crippen molar-refractivity contribution in [1.29, 1.82) is 0 Å². The van der Waals surface area contributed by atoms with Crippen LogP contribution in [0.3, 0.4) is 0 Å². The minimum atomic E-state index is 0.0314. The molecule has 0 atom stereocenters. The van der Waals surface area contributed by atoms with Crippen LogP contribution in [0.1, 0.15) is 43.6 Å². The smallest absolute Gasteiger partial charge is 0.152 e. The lowest BCUT2D eigenvalue weighted by molar-refractivity contribution is -0.112. The molecule has 4 nitrogen and oxygen atoms in total. The second-order valence-corrected chi connectivity index (χ2v) is 5.11. The van der Waals surface area contributed by atoms with E-state index in [1.165, 1.54) is 5.56 Å². The molecule has 1 aromatic heterocycles. The molecule has 0 saturated carbocycles.